The van der Waals surface area contributed by atoms with Gasteiger partial charge in [-0.25, -0.2) is 4.39 Å². The maximum atomic E-state index is 13.1. The van der Waals surface area contributed by atoms with Crippen LogP contribution in [0.2, 0.25) is 5.02 Å². The van der Waals surface area contributed by atoms with E-state index in [1.165, 1.54) is 18.2 Å². The van der Waals surface area contributed by atoms with Gasteiger partial charge in [0.25, 0.3) is 0 Å². The van der Waals surface area contributed by atoms with E-state index in [4.69, 9.17) is 11.6 Å². The fourth-order valence-electron chi connectivity index (χ4n) is 1.05. The number of carbonyl (C=O) groups is 1. The second-order valence-corrected chi connectivity index (χ2v) is 3.00. The largest absolute Gasteiger partial charge is 0.307 e. The van der Waals surface area contributed by atoms with Crippen molar-refractivity contribution in [2.45, 2.75) is 6.04 Å². The van der Waals surface area contributed by atoms with Gasteiger partial charge in [-0.15, -0.1) is 0 Å². The van der Waals surface area contributed by atoms with Crippen LogP contribution in [-0.4, -0.2) is 13.3 Å². The number of hydrogen-bond donors (Lipinski definition) is 1. The zero-order chi connectivity index (χ0) is 9.84. The van der Waals surface area contributed by atoms with Gasteiger partial charge in [0.05, 0.1) is 6.04 Å². The van der Waals surface area contributed by atoms with E-state index in [0.717, 1.165) is 0 Å². The first-order valence-corrected chi connectivity index (χ1v) is 4.14. The topological polar surface area (TPSA) is 29.1 Å². The van der Waals surface area contributed by atoms with Gasteiger partial charge in [-0.1, -0.05) is 11.6 Å². The summed E-state index contributed by atoms with van der Waals surface area (Å²) in [6.07, 6.45) is 0.634. The van der Waals surface area contributed by atoms with Crippen LogP contribution in [0.1, 0.15) is 11.6 Å². The Bertz CT molecular complexity index is 316. The highest BCUT2D eigenvalue weighted by molar-refractivity contribution is 6.30. The van der Waals surface area contributed by atoms with Gasteiger partial charge in [-0.3, -0.25) is 0 Å². The fraction of sp³-hybridized carbons (Fsp3) is 0.222. The third kappa shape index (κ3) is 2.26. The van der Waals surface area contributed by atoms with Crippen molar-refractivity contribution in [1.29, 1.82) is 0 Å². The van der Waals surface area contributed by atoms with Crippen LogP contribution in [0, 0.1) is 5.82 Å². The Morgan fingerprint density at radius 3 is 2.85 bits per heavy atom. The molecule has 1 aromatic carbocycles. The van der Waals surface area contributed by atoms with Crippen LogP contribution in [0.15, 0.2) is 18.2 Å². The van der Waals surface area contributed by atoms with E-state index in [2.05, 4.69) is 5.32 Å². The fourth-order valence-corrected chi connectivity index (χ4v) is 1.23. The number of carbonyl (C=O) groups excluding carboxylic acids is 1. The minimum absolute atomic E-state index is 0.269. The molecular formula is C9H9ClFNO. The number of likely N-dealkylation sites (N-methyl/N-ethyl adjacent to an activating group) is 1. The molecule has 0 saturated heterocycles. The molecule has 0 aliphatic rings. The van der Waals surface area contributed by atoms with Crippen molar-refractivity contribution in [1.82, 2.24) is 5.32 Å². The molecule has 0 amide bonds. The van der Waals surface area contributed by atoms with E-state index in [-0.39, 0.29) is 5.56 Å². The van der Waals surface area contributed by atoms with E-state index in [9.17, 15) is 9.18 Å². The lowest BCUT2D eigenvalue weighted by Crippen LogP contribution is -2.18. The maximum Gasteiger partial charge on any atom is 0.141 e. The SMILES string of the molecule is CNC(C=O)c1cc(Cl)ccc1F. The minimum atomic E-state index is -0.640. The molecule has 0 radical (unpaired) electrons. The summed E-state index contributed by atoms with van der Waals surface area (Å²) in [5.74, 6) is -0.434. The van der Waals surface area contributed by atoms with Crippen molar-refractivity contribution in [3.63, 3.8) is 0 Å². The lowest BCUT2D eigenvalue weighted by Gasteiger charge is -2.10. The molecule has 0 spiro atoms. The quantitative estimate of drug-likeness (QED) is 0.758. The van der Waals surface area contributed by atoms with E-state index in [1.807, 2.05) is 0 Å². The third-order valence-corrected chi connectivity index (χ3v) is 1.98. The summed E-state index contributed by atoms with van der Waals surface area (Å²) in [4.78, 5) is 10.5. The molecule has 0 fully saturated rings. The average molecular weight is 202 g/mol. The molecule has 13 heavy (non-hydrogen) atoms. The molecule has 0 aliphatic heterocycles. The molecular weight excluding hydrogens is 193 g/mol. The Kier molecular flexibility index (Phi) is 3.39. The van der Waals surface area contributed by atoms with Crippen molar-refractivity contribution in [3.8, 4) is 0 Å². The van der Waals surface area contributed by atoms with Crippen LogP contribution in [0.4, 0.5) is 4.39 Å². The van der Waals surface area contributed by atoms with Gasteiger partial charge in [0.2, 0.25) is 0 Å². The Labute approximate surface area is 80.7 Å². The number of hydrogen-bond acceptors (Lipinski definition) is 2. The van der Waals surface area contributed by atoms with Gasteiger partial charge < -0.3 is 10.1 Å². The van der Waals surface area contributed by atoms with Crippen molar-refractivity contribution in [2.75, 3.05) is 7.05 Å². The minimum Gasteiger partial charge on any atom is -0.307 e. The van der Waals surface area contributed by atoms with Gasteiger partial charge in [0.1, 0.15) is 12.1 Å². The van der Waals surface area contributed by atoms with Crippen molar-refractivity contribution in [2.24, 2.45) is 0 Å². The van der Waals surface area contributed by atoms with Gasteiger partial charge in [-0.05, 0) is 25.2 Å². The molecule has 1 atom stereocenters. The number of nitrogens with one attached hydrogen (secondary N) is 1. The van der Waals surface area contributed by atoms with Crippen LogP contribution in [-0.2, 0) is 4.79 Å². The van der Waals surface area contributed by atoms with E-state index in [0.29, 0.717) is 11.3 Å². The van der Waals surface area contributed by atoms with Crippen LogP contribution in [0.25, 0.3) is 0 Å². The first kappa shape index (κ1) is 10.2. The Morgan fingerprint density at radius 1 is 1.62 bits per heavy atom. The van der Waals surface area contributed by atoms with Gasteiger partial charge in [-0.2, -0.15) is 0 Å². The highest BCUT2D eigenvalue weighted by Crippen LogP contribution is 2.19. The summed E-state index contributed by atoms with van der Waals surface area (Å²) in [6.45, 7) is 0. The molecule has 2 nitrogen and oxygen atoms in total. The van der Waals surface area contributed by atoms with Gasteiger partial charge >= 0.3 is 0 Å². The van der Waals surface area contributed by atoms with E-state index in [1.54, 1.807) is 7.05 Å². The molecule has 1 aromatic rings. The van der Waals surface area contributed by atoms with Crippen molar-refractivity contribution < 1.29 is 9.18 Å². The monoisotopic (exact) mass is 201 g/mol. The summed E-state index contributed by atoms with van der Waals surface area (Å²) in [5, 5.41) is 3.08. The standard InChI is InChI=1S/C9H9ClFNO/c1-12-9(5-13)7-4-6(10)2-3-8(7)11/h2-5,9,12H,1H3. The zero-order valence-corrected chi connectivity index (χ0v) is 7.81. The lowest BCUT2D eigenvalue weighted by molar-refractivity contribution is -0.109. The molecule has 0 aliphatic carbocycles. The molecule has 1 rings (SSSR count). The summed E-state index contributed by atoms with van der Waals surface area (Å²) >= 11 is 5.66. The Hall–Kier alpha value is -0.930. The molecule has 0 heterocycles. The second kappa shape index (κ2) is 4.35. The third-order valence-electron chi connectivity index (χ3n) is 1.74. The second-order valence-electron chi connectivity index (χ2n) is 2.57. The molecule has 0 saturated carbocycles. The zero-order valence-electron chi connectivity index (χ0n) is 7.05. The van der Waals surface area contributed by atoms with Crippen LogP contribution >= 0.6 is 11.6 Å². The van der Waals surface area contributed by atoms with Crippen LogP contribution < -0.4 is 5.32 Å². The summed E-state index contributed by atoms with van der Waals surface area (Å²) < 4.78 is 13.1. The van der Waals surface area contributed by atoms with Crippen LogP contribution in [0.5, 0.6) is 0 Å². The summed E-state index contributed by atoms with van der Waals surface area (Å²) in [6, 6.07) is 3.48. The molecule has 1 N–H and O–H groups in total. The highest BCUT2D eigenvalue weighted by atomic mass is 35.5. The summed E-state index contributed by atoms with van der Waals surface area (Å²) in [7, 11) is 1.58. The first-order valence-electron chi connectivity index (χ1n) is 3.76. The Morgan fingerprint density at radius 2 is 2.31 bits per heavy atom. The van der Waals surface area contributed by atoms with Gasteiger partial charge in [0, 0.05) is 10.6 Å². The molecule has 70 valence electrons. The predicted molar refractivity (Wildman–Crippen MR) is 49.3 cm³/mol. The average Bonchev–Trinajstić information content (AvgIpc) is 2.13. The molecule has 0 bridgehead atoms. The highest BCUT2D eigenvalue weighted by Gasteiger charge is 2.12. The lowest BCUT2D eigenvalue weighted by atomic mass is 10.1. The predicted octanol–water partition coefficient (Wildman–Crippen LogP) is 1.94. The number of halogens is 2. The number of benzene rings is 1. The van der Waals surface area contributed by atoms with Crippen LogP contribution in [0.3, 0.4) is 0 Å². The van der Waals surface area contributed by atoms with E-state index >= 15 is 0 Å². The molecule has 4 heteroatoms. The smallest absolute Gasteiger partial charge is 0.141 e. The number of aldehydes is 1. The normalized spacial score (nSPS) is 12.5. The molecule has 0 aromatic heterocycles. The Balaban J connectivity index is 3.10. The summed E-state index contributed by atoms with van der Waals surface area (Å²) in [5.41, 5.74) is 0.269. The number of rotatable bonds is 3. The van der Waals surface area contributed by atoms with Crippen molar-refractivity contribution in [3.05, 3.63) is 34.6 Å². The first-order chi connectivity index (χ1) is 6.19. The van der Waals surface area contributed by atoms with Gasteiger partial charge in [0.15, 0.2) is 0 Å². The molecule has 1 unspecified atom stereocenters. The van der Waals surface area contributed by atoms with E-state index < -0.39 is 11.9 Å². The maximum absolute atomic E-state index is 13.1. The van der Waals surface area contributed by atoms with Crippen molar-refractivity contribution >= 4 is 17.9 Å².